The molecule has 0 saturated heterocycles. The van der Waals surface area contributed by atoms with E-state index in [9.17, 15) is 14.9 Å². The highest BCUT2D eigenvalue weighted by atomic mass is 16.6. The Morgan fingerprint density at radius 1 is 1.47 bits per heavy atom. The SMILES string of the molecule is CCCCN(C)C(=O)c1ccc(NC)c([N+](=O)[O-])c1. The molecule has 0 aromatic heterocycles. The van der Waals surface area contributed by atoms with E-state index in [1.807, 2.05) is 6.92 Å². The number of unbranched alkanes of at least 4 members (excludes halogenated alkanes) is 1. The van der Waals surface area contributed by atoms with Crippen molar-refractivity contribution < 1.29 is 9.72 Å². The van der Waals surface area contributed by atoms with E-state index < -0.39 is 4.92 Å². The quantitative estimate of drug-likeness (QED) is 0.633. The molecule has 0 unspecified atom stereocenters. The number of hydrogen-bond acceptors (Lipinski definition) is 4. The first-order chi connectivity index (χ1) is 9.01. The van der Waals surface area contributed by atoms with E-state index in [0.717, 1.165) is 12.8 Å². The van der Waals surface area contributed by atoms with Crippen LogP contribution in [0.1, 0.15) is 30.1 Å². The topological polar surface area (TPSA) is 75.5 Å². The van der Waals surface area contributed by atoms with Crippen molar-refractivity contribution in [2.75, 3.05) is 26.0 Å². The van der Waals surface area contributed by atoms with Crippen molar-refractivity contribution in [3.63, 3.8) is 0 Å². The third-order valence-corrected chi connectivity index (χ3v) is 2.90. The molecule has 6 nitrogen and oxygen atoms in total. The Morgan fingerprint density at radius 2 is 2.16 bits per heavy atom. The molecule has 1 N–H and O–H groups in total. The molecule has 0 atom stereocenters. The average molecular weight is 265 g/mol. The van der Waals surface area contributed by atoms with E-state index in [1.165, 1.54) is 6.07 Å². The predicted molar refractivity (Wildman–Crippen MR) is 74.5 cm³/mol. The Hall–Kier alpha value is -2.11. The number of rotatable bonds is 6. The Bertz CT molecular complexity index is 474. The summed E-state index contributed by atoms with van der Waals surface area (Å²) in [6, 6.07) is 4.47. The highest BCUT2D eigenvalue weighted by Crippen LogP contribution is 2.25. The summed E-state index contributed by atoms with van der Waals surface area (Å²) in [6.45, 7) is 2.70. The van der Waals surface area contributed by atoms with Crippen LogP contribution in [-0.4, -0.2) is 36.4 Å². The van der Waals surface area contributed by atoms with E-state index in [2.05, 4.69) is 5.32 Å². The lowest BCUT2D eigenvalue weighted by Crippen LogP contribution is -2.27. The summed E-state index contributed by atoms with van der Waals surface area (Å²) in [5.41, 5.74) is 0.652. The van der Waals surface area contributed by atoms with Gasteiger partial charge in [-0.05, 0) is 18.6 Å². The van der Waals surface area contributed by atoms with Gasteiger partial charge in [-0.3, -0.25) is 14.9 Å². The highest BCUT2D eigenvalue weighted by molar-refractivity contribution is 5.95. The summed E-state index contributed by atoms with van der Waals surface area (Å²) >= 11 is 0. The van der Waals surface area contributed by atoms with Crippen LogP contribution in [0.4, 0.5) is 11.4 Å². The second-order valence-electron chi connectivity index (χ2n) is 4.32. The van der Waals surface area contributed by atoms with Crippen molar-refractivity contribution in [3.05, 3.63) is 33.9 Å². The number of nitrogens with zero attached hydrogens (tertiary/aromatic N) is 2. The van der Waals surface area contributed by atoms with Gasteiger partial charge in [-0.15, -0.1) is 0 Å². The summed E-state index contributed by atoms with van der Waals surface area (Å²) in [5, 5.41) is 13.7. The van der Waals surface area contributed by atoms with Gasteiger partial charge >= 0.3 is 0 Å². The van der Waals surface area contributed by atoms with Gasteiger partial charge < -0.3 is 10.2 Å². The first-order valence-corrected chi connectivity index (χ1v) is 6.23. The van der Waals surface area contributed by atoms with Gasteiger partial charge in [-0.25, -0.2) is 0 Å². The number of hydrogen-bond donors (Lipinski definition) is 1. The maximum atomic E-state index is 12.1. The molecule has 0 radical (unpaired) electrons. The zero-order valence-electron chi connectivity index (χ0n) is 11.5. The Morgan fingerprint density at radius 3 is 2.68 bits per heavy atom. The Kier molecular flexibility index (Phi) is 5.29. The molecule has 0 aliphatic heterocycles. The Balaban J connectivity index is 2.98. The lowest BCUT2D eigenvalue weighted by Gasteiger charge is -2.16. The molecular weight excluding hydrogens is 246 g/mol. The largest absolute Gasteiger partial charge is 0.383 e. The summed E-state index contributed by atoms with van der Waals surface area (Å²) in [7, 11) is 3.31. The van der Waals surface area contributed by atoms with Crippen LogP contribution in [0.3, 0.4) is 0 Å². The molecule has 1 rings (SSSR count). The second kappa shape index (κ2) is 6.72. The molecule has 1 amide bonds. The van der Waals surface area contributed by atoms with Crippen LogP contribution >= 0.6 is 0 Å². The number of benzene rings is 1. The first-order valence-electron chi connectivity index (χ1n) is 6.23. The minimum absolute atomic E-state index is 0.0859. The van der Waals surface area contributed by atoms with E-state index in [0.29, 0.717) is 17.8 Å². The monoisotopic (exact) mass is 265 g/mol. The molecule has 19 heavy (non-hydrogen) atoms. The smallest absolute Gasteiger partial charge is 0.293 e. The molecule has 1 aromatic carbocycles. The number of nitro benzene ring substituents is 1. The van der Waals surface area contributed by atoms with E-state index in [4.69, 9.17) is 0 Å². The van der Waals surface area contributed by atoms with Crippen LogP contribution in [0.5, 0.6) is 0 Å². The number of carbonyl (C=O) groups excluding carboxylic acids is 1. The van der Waals surface area contributed by atoms with Crippen LogP contribution < -0.4 is 5.32 Å². The van der Waals surface area contributed by atoms with E-state index in [1.54, 1.807) is 31.1 Å². The molecule has 0 aliphatic rings. The van der Waals surface area contributed by atoms with Crippen molar-refractivity contribution in [2.24, 2.45) is 0 Å². The van der Waals surface area contributed by atoms with Gasteiger partial charge in [0.15, 0.2) is 0 Å². The van der Waals surface area contributed by atoms with E-state index in [-0.39, 0.29) is 11.6 Å². The lowest BCUT2D eigenvalue weighted by molar-refractivity contribution is -0.384. The number of nitro groups is 1. The van der Waals surface area contributed by atoms with Gasteiger partial charge in [0, 0.05) is 32.3 Å². The third kappa shape index (κ3) is 3.67. The number of carbonyl (C=O) groups is 1. The molecular formula is C13H19N3O3. The molecule has 0 bridgehead atoms. The summed E-state index contributed by atoms with van der Waals surface area (Å²) < 4.78 is 0. The molecule has 1 aromatic rings. The lowest BCUT2D eigenvalue weighted by atomic mass is 10.1. The first kappa shape index (κ1) is 14.9. The van der Waals surface area contributed by atoms with Crippen LogP contribution in [-0.2, 0) is 0 Å². The van der Waals surface area contributed by atoms with Crippen molar-refractivity contribution >= 4 is 17.3 Å². The predicted octanol–water partition coefficient (Wildman–Crippen LogP) is 2.51. The van der Waals surface area contributed by atoms with Crippen molar-refractivity contribution in [1.82, 2.24) is 4.90 Å². The molecule has 0 heterocycles. The molecule has 0 spiro atoms. The van der Waals surface area contributed by atoms with Gasteiger partial charge in [0.05, 0.1) is 4.92 Å². The average Bonchev–Trinajstić information content (AvgIpc) is 2.42. The molecule has 104 valence electrons. The molecule has 6 heteroatoms. The minimum atomic E-state index is -0.491. The van der Waals surface area contributed by atoms with Gasteiger partial charge in [-0.2, -0.15) is 0 Å². The fourth-order valence-corrected chi connectivity index (χ4v) is 1.74. The van der Waals surface area contributed by atoms with Crippen LogP contribution in [0.25, 0.3) is 0 Å². The zero-order chi connectivity index (χ0) is 14.4. The van der Waals surface area contributed by atoms with Gasteiger partial charge in [0.2, 0.25) is 0 Å². The molecule has 0 fully saturated rings. The molecule has 0 saturated carbocycles. The van der Waals surface area contributed by atoms with Gasteiger partial charge in [0.1, 0.15) is 5.69 Å². The number of anilines is 1. The standard InChI is InChI=1S/C13H19N3O3/c1-4-5-8-15(3)13(17)10-6-7-11(14-2)12(9-10)16(18)19/h6-7,9,14H,4-5,8H2,1-3H3. The fourth-order valence-electron chi connectivity index (χ4n) is 1.74. The fraction of sp³-hybridized carbons (Fsp3) is 0.462. The second-order valence-corrected chi connectivity index (χ2v) is 4.32. The Labute approximate surface area is 112 Å². The van der Waals surface area contributed by atoms with Crippen molar-refractivity contribution in [3.8, 4) is 0 Å². The maximum Gasteiger partial charge on any atom is 0.293 e. The maximum absolute atomic E-state index is 12.1. The van der Waals surface area contributed by atoms with Gasteiger partial charge in [-0.1, -0.05) is 13.3 Å². The number of amides is 1. The normalized spacial score (nSPS) is 10.1. The van der Waals surface area contributed by atoms with Crippen molar-refractivity contribution in [2.45, 2.75) is 19.8 Å². The molecule has 0 aliphatic carbocycles. The van der Waals surface area contributed by atoms with E-state index >= 15 is 0 Å². The summed E-state index contributed by atoms with van der Waals surface area (Å²) in [6.07, 6.45) is 1.91. The number of nitrogens with one attached hydrogen (secondary N) is 1. The minimum Gasteiger partial charge on any atom is -0.383 e. The van der Waals surface area contributed by atoms with Crippen LogP contribution in [0, 0.1) is 10.1 Å². The highest BCUT2D eigenvalue weighted by Gasteiger charge is 2.18. The summed E-state index contributed by atoms with van der Waals surface area (Å²) in [5.74, 6) is -0.195. The summed E-state index contributed by atoms with van der Waals surface area (Å²) in [4.78, 5) is 24.1. The van der Waals surface area contributed by atoms with Crippen LogP contribution in [0.2, 0.25) is 0 Å². The van der Waals surface area contributed by atoms with Crippen molar-refractivity contribution in [1.29, 1.82) is 0 Å². The zero-order valence-corrected chi connectivity index (χ0v) is 11.5. The van der Waals surface area contributed by atoms with Gasteiger partial charge in [0.25, 0.3) is 11.6 Å². The third-order valence-electron chi connectivity index (χ3n) is 2.90. The van der Waals surface area contributed by atoms with Crippen LogP contribution in [0.15, 0.2) is 18.2 Å².